The van der Waals surface area contributed by atoms with Crippen molar-refractivity contribution in [3.8, 4) is 5.75 Å². The normalized spacial score (nSPS) is 11.9. The predicted molar refractivity (Wildman–Crippen MR) is 132 cm³/mol. The van der Waals surface area contributed by atoms with Gasteiger partial charge in [0, 0.05) is 16.7 Å². The van der Waals surface area contributed by atoms with Gasteiger partial charge >= 0.3 is 12.1 Å². The number of anilines is 1. The van der Waals surface area contributed by atoms with E-state index < -0.39 is 23.6 Å². The van der Waals surface area contributed by atoms with Gasteiger partial charge in [0.1, 0.15) is 18.5 Å². The molecule has 2 N–H and O–H groups in total. The van der Waals surface area contributed by atoms with Gasteiger partial charge in [0.2, 0.25) is 0 Å². The van der Waals surface area contributed by atoms with Crippen molar-refractivity contribution in [3.63, 3.8) is 0 Å². The monoisotopic (exact) mass is 489 g/mol. The largest absolute Gasteiger partial charge is 0.491 e. The van der Waals surface area contributed by atoms with E-state index in [1.165, 1.54) is 6.92 Å². The summed E-state index contributed by atoms with van der Waals surface area (Å²) in [6.07, 6.45) is -0.974. The summed E-state index contributed by atoms with van der Waals surface area (Å²) in [5.41, 5.74) is 1.08. The van der Waals surface area contributed by atoms with E-state index in [-0.39, 0.29) is 31.4 Å². The number of ketones is 1. The molecule has 0 bridgehead atoms. The van der Waals surface area contributed by atoms with Gasteiger partial charge in [-0.2, -0.15) is 12.6 Å². The summed E-state index contributed by atoms with van der Waals surface area (Å²) in [6, 6.07) is 13.6. The minimum absolute atomic E-state index is 0.0184. The van der Waals surface area contributed by atoms with Crippen LogP contribution in [0.15, 0.2) is 48.5 Å². The van der Waals surface area contributed by atoms with Crippen LogP contribution in [0.4, 0.5) is 10.5 Å². The summed E-state index contributed by atoms with van der Waals surface area (Å²) < 4.78 is 16.5. The molecule has 1 atom stereocenters. The van der Waals surface area contributed by atoms with Crippen LogP contribution in [0.3, 0.4) is 0 Å². The van der Waals surface area contributed by atoms with Gasteiger partial charge in [0.25, 0.3) is 0 Å². The molecule has 0 aliphatic carbocycles. The highest BCUT2D eigenvalue weighted by molar-refractivity contribution is 7.81. The number of esters is 1. The second-order valence-corrected chi connectivity index (χ2v) is 8.62. The Morgan fingerprint density at radius 1 is 1.09 bits per heavy atom. The number of carbonyl (C=O) groups excluding carboxylic acids is 3. The van der Waals surface area contributed by atoms with Crippen LogP contribution in [-0.4, -0.2) is 48.5 Å². The van der Waals surface area contributed by atoms with Crippen LogP contribution >= 0.6 is 12.6 Å². The van der Waals surface area contributed by atoms with Gasteiger partial charge in [-0.25, -0.2) is 4.79 Å². The number of ether oxygens (including phenoxy) is 3. The molecule has 0 saturated carbocycles. The molecule has 184 valence electrons. The number of hydrogen-bond donors (Lipinski definition) is 3. The van der Waals surface area contributed by atoms with Crippen LogP contribution in [0.1, 0.15) is 49.2 Å². The molecule has 34 heavy (non-hydrogen) atoms. The fourth-order valence-electron chi connectivity index (χ4n) is 3.26. The van der Waals surface area contributed by atoms with E-state index in [1.807, 2.05) is 19.9 Å². The standard InChI is InChI=1S/C25H31NO7S/c1-17(28)18-7-9-20(10-8-18)26-24(30)33-23(25(2,3)11-13-32-22(29)16-34)19-5-4-6-21(15-19)31-14-12-27/h4-10,15,23,27,34H,11-14,16H2,1-3H3,(H,26,30)/t23-/m1/s1. The first-order valence-corrected chi connectivity index (χ1v) is 11.5. The summed E-state index contributed by atoms with van der Waals surface area (Å²) in [7, 11) is 0. The first-order valence-electron chi connectivity index (χ1n) is 10.8. The minimum Gasteiger partial charge on any atom is -0.491 e. The van der Waals surface area contributed by atoms with Crippen LogP contribution < -0.4 is 10.1 Å². The average molecular weight is 490 g/mol. The van der Waals surface area contributed by atoms with Crippen molar-refractivity contribution in [1.29, 1.82) is 0 Å². The molecule has 0 spiro atoms. The lowest BCUT2D eigenvalue weighted by Crippen LogP contribution is -2.30. The zero-order chi connectivity index (χ0) is 25.1. The van der Waals surface area contributed by atoms with Gasteiger partial charge in [0.05, 0.1) is 19.0 Å². The third-order valence-corrected chi connectivity index (χ3v) is 5.39. The fourth-order valence-corrected chi connectivity index (χ4v) is 3.35. The number of carbonyl (C=O) groups is 3. The summed E-state index contributed by atoms with van der Waals surface area (Å²) >= 11 is 3.91. The zero-order valence-electron chi connectivity index (χ0n) is 19.6. The number of nitrogens with one attached hydrogen (secondary N) is 1. The molecule has 0 aliphatic rings. The number of amides is 1. The van der Waals surface area contributed by atoms with E-state index in [2.05, 4.69) is 17.9 Å². The molecular weight excluding hydrogens is 458 g/mol. The van der Waals surface area contributed by atoms with Crippen LogP contribution in [0, 0.1) is 5.41 Å². The molecule has 9 heteroatoms. The summed E-state index contributed by atoms with van der Waals surface area (Å²) in [5.74, 6) is 0.00777. The van der Waals surface area contributed by atoms with Crippen molar-refractivity contribution in [3.05, 3.63) is 59.7 Å². The molecule has 0 radical (unpaired) electrons. The van der Waals surface area contributed by atoms with E-state index in [9.17, 15) is 14.4 Å². The van der Waals surface area contributed by atoms with Crippen LogP contribution in [0.25, 0.3) is 0 Å². The maximum atomic E-state index is 12.8. The molecule has 2 aromatic rings. The minimum atomic E-state index is -0.712. The van der Waals surface area contributed by atoms with E-state index in [0.717, 1.165) is 0 Å². The summed E-state index contributed by atoms with van der Waals surface area (Å²) in [4.78, 5) is 35.7. The first-order chi connectivity index (χ1) is 16.2. The molecular formula is C25H31NO7S. The number of Topliss-reactive ketones (excluding diaryl/α,β-unsaturated/α-hetero) is 1. The molecule has 0 saturated heterocycles. The van der Waals surface area contributed by atoms with Crippen LogP contribution in [0.2, 0.25) is 0 Å². The first kappa shape index (κ1) is 27.2. The number of thiol groups is 1. The predicted octanol–water partition coefficient (Wildman–Crippen LogP) is 4.44. The second-order valence-electron chi connectivity index (χ2n) is 8.31. The molecule has 0 unspecified atom stereocenters. The summed E-state index contributed by atoms with van der Waals surface area (Å²) in [6.45, 7) is 5.42. The van der Waals surface area contributed by atoms with Crippen LogP contribution in [0.5, 0.6) is 5.75 Å². The van der Waals surface area contributed by atoms with Gasteiger partial charge < -0.3 is 19.3 Å². The lowest BCUT2D eigenvalue weighted by Gasteiger charge is -2.34. The SMILES string of the molecule is CC(=O)c1ccc(NC(=O)O[C@H](c2cccc(OCCO)c2)C(C)(C)CCOC(=O)CS)cc1. The third kappa shape index (κ3) is 8.39. The molecule has 1 amide bonds. The van der Waals surface area contributed by atoms with E-state index >= 15 is 0 Å². The Morgan fingerprint density at radius 3 is 2.41 bits per heavy atom. The fraction of sp³-hybridized carbons (Fsp3) is 0.400. The molecule has 2 aromatic carbocycles. The van der Waals surface area contributed by atoms with Crippen molar-refractivity contribution in [2.75, 3.05) is 30.9 Å². The summed E-state index contributed by atoms with van der Waals surface area (Å²) in [5, 5.41) is 11.7. The van der Waals surface area contributed by atoms with Gasteiger partial charge in [0.15, 0.2) is 5.78 Å². The quantitative estimate of drug-likeness (QED) is 0.230. The lowest BCUT2D eigenvalue weighted by atomic mass is 9.80. The van der Waals surface area contributed by atoms with Crippen molar-refractivity contribution >= 4 is 36.2 Å². The maximum Gasteiger partial charge on any atom is 0.412 e. The van der Waals surface area contributed by atoms with Gasteiger partial charge in [-0.1, -0.05) is 26.0 Å². The average Bonchev–Trinajstić information content (AvgIpc) is 2.81. The number of hydrogen-bond acceptors (Lipinski definition) is 8. The molecule has 0 aromatic heterocycles. The molecule has 8 nitrogen and oxygen atoms in total. The van der Waals surface area contributed by atoms with Crippen molar-refractivity contribution in [1.82, 2.24) is 0 Å². The Balaban J connectivity index is 2.22. The Hall–Kier alpha value is -3.04. The van der Waals surface area contributed by atoms with E-state index in [1.54, 1.807) is 42.5 Å². The topological polar surface area (TPSA) is 111 Å². The van der Waals surface area contributed by atoms with Crippen molar-refractivity contribution in [2.45, 2.75) is 33.3 Å². The molecule has 2 rings (SSSR count). The van der Waals surface area contributed by atoms with Gasteiger partial charge in [-0.05, 0) is 55.3 Å². The number of aliphatic hydroxyl groups excluding tert-OH is 1. The smallest absolute Gasteiger partial charge is 0.412 e. The highest BCUT2D eigenvalue weighted by Crippen LogP contribution is 2.40. The highest BCUT2D eigenvalue weighted by atomic mass is 32.1. The molecule has 0 aliphatic heterocycles. The van der Waals surface area contributed by atoms with E-state index in [4.69, 9.17) is 19.3 Å². The van der Waals surface area contributed by atoms with Crippen molar-refractivity contribution in [2.24, 2.45) is 5.41 Å². The highest BCUT2D eigenvalue weighted by Gasteiger charge is 2.35. The second kappa shape index (κ2) is 13.0. The Labute approximate surface area is 205 Å². The molecule has 0 heterocycles. The van der Waals surface area contributed by atoms with Gasteiger partial charge in [-0.3, -0.25) is 14.9 Å². The van der Waals surface area contributed by atoms with Gasteiger partial charge in [-0.15, -0.1) is 0 Å². The number of rotatable bonds is 12. The maximum absolute atomic E-state index is 12.8. The number of benzene rings is 2. The number of aliphatic hydroxyl groups is 1. The van der Waals surface area contributed by atoms with Crippen molar-refractivity contribution < 1.29 is 33.7 Å². The Kier molecular flexibility index (Phi) is 10.4. The Morgan fingerprint density at radius 2 is 1.79 bits per heavy atom. The van der Waals surface area contributed by atoms with Crippen LogP contribution in [-0.2, 0) is 14.3 Å². The Bertz CT molecular complexity index is 975. The third-order valence-electron chi connectivity index (χ3n) is 5.13. The van der Waals surface area contributed by atoms with E-state index in [0.29, 0.717) is 29.0 Å². The lowest BCUT2D eigenvalue weighted by molar-refractivity contribution is -0.141. The molecule has 0 fully saturated rings. The zero-order valence-corrected chi connectivity index (χ0v) is 20.5.